The first-order valence-electron chi connectivity index (χ1n) is 6.72. The Morgan fingerprint density at radius 3 is 2.32 bits per heavy atom. The molecule has 0 aliphatic carbocycles. The molecule has 0 saturated heterocycles. The molecule has 0 fully saturated rings. The number of amides is 1. The molecule has 0 atom stereocenters. The fraction of sp³-hybridized carbons (Fsp3) is 0.333. The largest absolute Gasteiger partial charge is 0.467 e. The molecular weight excluding hydrogens is 284 g/mol. The summed E-state index contributed by atoms with van der Waals surface area (Å²) in [4.78, 5) is 24.3. The van der Waals surface area contributed by atoms with Crippen LogP contribution >= 0.6 is 0 Å². The first kappa shape index (κ1) is 15.7. The number of carbonyl (C=O) groups excluding carboxylic acids is 1. The highest BCUT2D eigenvalue weighted by Gasteiger charge is 2.11. The van der Waals surface area contributed by atoms with Gasteiger partial charge in [-0.15, -0.1) is 4.98 Å². The zero-order valence-electron chi connectivity index (χ0n) is 13.0. The predicted molar refractivity (Wildman–Crippen MR) is 80.0 cm³/mol. The number of methoxy groups -OCH3 is 2. The first-order valence-corrected chi connectivity index (χ1v) is 6.72. The van der Waals surface area contributed by atoms with E-state index < -0.39 is 0 Å². The second kappa shape index (κ2) is 6.84. The molecule has 7 heteroatoms. The summed E-state index contributed by atoms with van der Waals surface area (Å²) in [5.74, 6) is 0.182. The van der Waals surface area contributed by atoms with Gasteiger partial charge in [-0.3, -0.25) is 4.79 Å². The van der Waals surface area contributed by atoms with Crippen LogP contribution in [-0.4, -0.2) is 35.1 Å². The molecular formula is C15H18N4O3. The van der Waals surface area contributed by atoms with Crippen LogP contribution in [0.1, 0.15) is 27.3 Å². The Morgan fingerprint density at radius 2 is 1.73 bits per heavy atom. The zero-order valence-corrected chi connectivity index (χ0v) is 13.0. The fourth-order valence-electron chi connectivity index (χ4n) is 1.87. The van der Waals surface area contributed by atoms with Crippen LogP contribution in [0.2, 0.25) is 0 Å². The highest BCUT2D eigenvalue weighted by molar-refractivity contribution is 5.95. The fourth-order valence-corrected chi connectivity index (χ4v) is 1.87. The third kappa shape index (κ3) is 3.69. The van der Waals surface area contributed by atoms with Gasteiger partial charge in [-0.2, -0.15) is 9.97 Å². The molecule has 2 rings (SSSR count). The minimum absolute atomic E-state index is 0.142. The summed E-state index contributed by atoms with van der Waals surface area (Å²) < 4.78 is 9.94. The van der Waals surface area contributed by atoms with E-state index in [0.29, 0.717) is 11.4 Å². The summed E-state index contributed by atoms with van der Waals surface area (Å²) in [6, 6.07) is 6.01. The summed E-state index contributed by atoms with van der Waals surface area (Å²) in [6.07, 6.45) is 0. The summed E-state index contributed by atoms with van der Waals surface area (Å²) in [5, 5.41) is 2.78. The van der Waals surface area contributed by atoms with E-state index in [4.69, 9.17) is 9.47 Å². The van der Waals surface area contributed by atoms with Crippen molar-refractivity contribution in [2.24, 2.45) is 0 Å². The number of hydrogen-bond donors (Lipinski definition) is 1. The zero-order chi connectivity index (χ0) is 16.1. The van der Waals surface area contributed by atoms with Gasteiger partial charge >= 0.3 is 12.0 Å². The Balaban J connectivity index is 2.12. The molecule has 0 bridgehead atoms. The topological polar surface area (TPSA) is 86.2 Å². The second-order valence-corrected chi connectivity index (χ2v) is 4.73. The standard InChI is InChI=1S/C15H18N4O3/c1-9-5-6-10(2)11(7-9)13(20)16-8-12-17-14(21-3)19-15(18-12)22-4/h5-7H,8H2,1-4H3,(H,16,20). The van der Waals surface area contributed by atoms with E-state index in [0.717, 1.165) is 11.1 Å². The smallest absolute Gasteiger partial charge is 0.322 e. The molecule has 1 aromatic carbocycles. The Labute approximate surface area is 128 Å². The third-order valence-corrected chi connectivity index (χ3v) is 3.05. The van der Waals surface area contributed by atoms with Crippen molar-refractivity contribution in [3.63, 3.8) is 0 Å². The Morgan fingerprint density at radius 1 is 1.09 bits per heavy atom. The van der Waals surface area contributed by atoms with Gasteiger partial charge in [0.25, 0.3) is 5.91 Å². The maximum absolute atomic E-state index is 12.3. The quantitative estimate of drug-likeness (QED) is 0.899. The average molecular weight is 302 g/mol. The van der Waals surface area contributed by atoms with Gasteiger partial charge in [0.1, 0.15) is 0 Å². The Hall–Kier alpha value is -2.70. The number of carbonyl (C=O) groups is 1. The van der Waals surface area contributed by atoms with Crippen molar-refractivity contribution >= 4 is 5.91 Å². The van der Waals surface area contributed by atoms with Crippen molar-refractivity contribution < 1.29 is 14.3 Å². The van der Waals surface area contributed by atoms with Crippen LogP contribution in [0.4, 0.5) is 0 Å². The molecule has 7 nitrogen and oxygen atoms in total. The monoisotopic (exact) mass is 302 g/mol. The van der Waals surface area contributed by atoms with E-state index in [1.54, 1.807) is 0 Å². The summed E-state index contributed by atoms with van der Waals surface area (Å²) in [6.45, 7) is 3.99. The van der Waals surface area contributed by atoms with Crippen LogP contribution in [0.25, 0.3) is 0 Å². The van der Waals surface area contributed by atoms with Gasteiger partial charge in [-0.25, -0.2) is 0 Å². The molecule has 1 heterocycles. The van der Waals surface area contributed by atoms with Crippen LogP contribution in [-0.2, 0) is 6.54 Å². The molecule has 0 aliphatic rings. The molecule has 0 unspecified atom stereocenters. The lowest BCUT2D eigenvalue weighted by molar-refractivity contribution is 0.0948. The normalized spacial score (nSPS) is 10.2. The second-order valence-electron chi connectivity index (χ2n) is 4.73. The van der Waals surface area contributed by atoms with Crippen molar-refractivity contribution in [2.45, 2.75) is 20.4 Å². The van der Waals surface area contributed by atoms with E-state index in [2.05, 4.69) is 20.3 Å². The number of ether oxygens (including phenoxy) is 2. The van der Waals surface area contributed by atoms with Gasteiger partial charge in [0.2, 0.25) is 0 Å². The summed E-state index contributed by atoms with van der Waals surface area (Å²) >= 11 is 0. The van der Waals surface area contributed by atoms with Crippen LogP contribution in [0.3, 0.4) is 0 Å². The van der Waals surface area contributed by atoms with Crippen molar-refractivity contribution in [3.8, 4) is 12.0 Å². The lowest BCUT2D eigenvalue weighted by Crippen LogP contribution is -2.25. The minimum atomic E-state index is -0.181. The van der Waals surface area contributed by atoms with Gasteiger partial charge in [-0.05, 0) is 25.5 Å². The molecule has 2 aromatic rings. The van der Waals surface area contributed by atoms with E-state index in [-0.39, 0.29) is 24.5 Å². The third-order valence-electron chi connectivity index (χ3n) is 3.05. The SMILES string of the molecule is COc1nc(CNC(=O)c2cc(C)ccc2C)nc(OC)n1. The average Bonchev–Trinajstić information content (AvgIpc) is 2.54. The van der Waals surface area contributed by atoms with E-state index in [9.17, 15) is 4.79 Å². The molecule has 1 amide bonds. The number of rotatable bonds is 5. The number of nitrogens with one attached hydrogen (secondary N) is 1. The Bertz CT molecular complexity index is 666. The highest BCUT2D eigenvalue weighted by Crippen LogP contribution is 2.11. The van der Waals surface area contributed by atoms with Gasteiger partial charge in [0.15, 0.2) is 5.82 Å². The molecule has 0 aliphatic heterocycles. The Kier molecular flexibility index (Phi) is 4.88. The minimum Gasteiger partial charge on any atom is -0.467 e. The molecule has 0 saturated carbocycles. The van der Waals surface area contributed by atoms with E-state index in [1.165, 1.54) is 14.2 Å². The summed E-state index contributed by atoms with van der Waals surface area (Å²) in [7, 11) is 2.90. The van der Waals surface area contributed by atoms with Gasteiger partial charge in [-0.1, -0.05) is 17.7 Å². The van der Waals surface area contributed by atoms with Gasteiger partial charge < -0.3 is 14.8 Å². The van der Waals surface area contributed by atoms with Crippen molar-refractivity contribution in [1.82, 2.24) is 20.3 Å². The molecule has 116 valence electrons. The molecule has 1 N–H and O–H groups in total. The maximum atomic E-state index is 12.3. The lowest BCUT2D eigenvalue weighted by atomic mass is 10.1. The number of aromatic nitrogens is 3. The first-order chi connectivity index (χ1) is 10.5. The van der Waals surface area contributed by atoms with E-state index in [1.807, 2.05) is 32.0 Å². The van der Waals surface area contributed by atoms with Crippen molar-refractivity contribution in [2.75, 3.05) is 14.2 Å². The number of nitrogens with zero attached hydrogens (tertiary/aromatic N) is 3. The number of benzene rings is 1. The number of aryl methyl sites for hydroxylation is 2. The molecule has 22 heavy (non-hydrogen) atoms. The maximum Gasteiger partial charge on any atom is 0.322 e. The molecule has 0 spiro atoms. The number of hydrogen-bond acceptors (Lipinski definition) is 6. The summed E-state index contributed by atoms with van der Waals surface area (Å²) in [5.41, 5.74) is 2.57. The van der Waals surface area contributed by atoms with Crippen molar-refractivity contribution in [1.29, 1.82) is 0 Å². The highest BCUT2D eigenvalue weighted by atomic mass is 16.5. The van der Waals surface area contributed by atoms with E-state index >= 15 is 0 Å². The van der Waals surface area contributed by atoms with Crippen LogP contribution < -0.4 is 14.8 Å². The van der Waals surface area contributed by atoms with Gasteiger partial charge in [0, 0.05) is 5.56 Å². The lowest BCUT2D eigenvalue weighted by Gasteiger charge is -2.09. The van der Waals surface area contributed by atoms with Crippen LogP contribution in [0, 0.1) is 13.8 Å². The molecule has 0 radical (unpaired) electrons. The molecule has 1 aromatic heterocycles. The van der Waals surface area contributed by atoms with Crippen molar-refractivity contribution in [3.05, 3.63) is 40.7 Å². The van der Waals surface area contributed by atoms with Gasteiger partial charge in [0.05, 0.1) is 20.8 Å². The predicted octanol–water partition coefficient (Wildman–Crippen LogP) is 1.44. The van der Waals surface area contributed by atoms with Crippen LogP contribution in [0.15, 0.2) is 18.2 Å². The van der Waals surface area contributed by atoms with Crippen LogP contribution in [0.5, 0.6) is 12.0 Å².